The molecule has 96 valence electrons. The Morgan fingerprint density at radius 1 is 1.44 bits per heavy atom. The first-order chi connectivity index (χ1) is 8.58. The Balaban J connectivity index is 2.16. The number of nitrogens with zero attached hydrogens (tertiary/aromatic N) is 2. The Kier molecular flexibility index (Phi) is 3.98. The van der Waals surface area contributed by atoms with E-state index in [1.165, 1.54) is 0 Å². The fourth-order valence-electron chi connectivity index (χ4n) is 1.53. The Bertz CT molecular complexity index is 540. The van der Waals surface area contributed by atoms with Gasteiger partial charge in [0.15, 0.2) is 0 Å². The number of benzene rings is 1. The number of nitrogens with two attached hydrogens (primary N) is 1. The van der Waals surface area contributed by atoms with Gasteiger partial charge in [0, 0.05) is 16.1 Å². The highest BCUT2D eigenvalue weighted by Crippen LogP contribution is 2.28. The molecule has 6 heteroatoms. The Morgan fingerprint density at radius 3 is 2.83 bits per heavy atom. The van der Waals surface area contributed by atoms with Crippen LogP contribution >= 0.6 is 15.9 Å². The molecule has 0 saturated carbocycles. The SMILES string of the molecule is Cc1nonc1COc1ccc(Br)cc1[C@H](C)N. The average Bonchev–Trinajstić information content (AvgIpc) is 2.73. The lowest BCUT2D eigenvalue weighted by atomic mass is 10.1. The van der Waals surface area contributed by atoms with Crippen LogP contribution in [0, 0.1) is 6.92 Å². The first-order valence-corrected chi connectivity index (χ1v) is 6.33. The Hall–Kier alpha value is -1.40. The van der Waals surface area contributed by atoms with Gasteiger partial charge in [0.1, 0.15) is 23.7 Å². The van der Waals surface area contributed by atoms with Crippen molar-refractivity contribution in [2.24, 2.45) is 5.73 Å². The van der Waals surface area contributed by atoms with Gasteiger partial charge in [-0.15, -0.1) is 0 Å². The third kappa shape index (κ3) is 2.88. The van der Waals surface area contributed by atoms with Crippen LogP contribution < -0.4 is 10.5 Å². The minimum atomic E-state index is -0.103. The van der Waals surface area contributed by atoms with E-state index < -0.39 is 0 Å². The highest BCUT2D eigenvalue weighted by atomic mass is 79.9. The monoisotopic (exact) mass is 311 g/mol. The molecule has 0 aliphatic heterocycles. The molecule has 0 saturated heterocycles. The molecule has 0 aliphatic carbocycles. The summed E-state index contributed by atoms with van der Waals surface area (Å²) >= 11 is 3.42. The van der Waals surface area contributed by atoms with Gasteiger partial charge in [0.2, 0.25) is 0 Å². The molecular weight excluding hydrogens is 298 g/mol. The number of rotatable bonds is 4. The maximum atomic E-state index is 5.91. The number of halogens is 1. The van der Waals surface area contributed by atoms with Crippen molar-refractivity contribution in [3.8, 4) is 5.75 Å². The third-order valence-corrected chi connectivity index (χ3v) is 3.07. The summed E-state index contributed by atoms with van der Waals surface area (Å²) in [6.45, 7) is 4.05. The summed E-state index contributed by atoms with van der Waals surface area (Å²) in [5.74, 6) is 0.746. The summed E-state index contributed by atoms with van der Waals surface area (Å²) in [4.78, 5) is 0. The van der Waals surface area contributed by atoms with Crippen LogP contribution in [0.25, 0.3) is 0 Å². The van der Waals surface area contributed by atoms with Crippen molar-refractivity contribution < 1.29 is 9.37 Å². The van der Waals surface area contributed by atoms with E-state index in [-0.39, 0.29) is 6.04 Å². The van der Waals surface area contributed by atoms with Gasteiger partial charge < -0.3 is 10.5 Å². The summed E-state index contributed by atoms with van der Waals surface area (Å²) in [5.41, 5.74) is 8.28. The molecule has 1 atom stereocenters. The molecule has 1 heterocycles. The second-order valence-corrected chi connectivity index (χ2v) is 4.97. The lowest BCUT2D eigenvalue weighted by Crippen LogP contribution is -2.08. The molecular formula is C12H14BrN3O2. The zero-order chi connectivity index (χ0) is 13.1. The molecule has 5 nitrogen and oxygen atoms in total. The van der Waals surface area contributed by atoms with E-state index in [1.807, 2.05) is 32.0 Å². The van der Waals surface area contributed by atoms with Crippen LogP contribution in [0.2, 0.25) is 0 Å². The van der Waals surface area contributed by atoms with Crippen LogP contribution in [0.5, 0.6) is 5.75 Å². The maximum absolute atomic E-state index is 5.91. The Labute approximate surface area is 113 Å². The van der Waals surface area contributed by atoms with E-state index in [2.05, 4.69) is 30.9 Å². The predicted octanol–water partition coefficient (Wildman–Crippen LogP) is 2.74. The molecule has 1 aromatic carbocycles. The first kappa shape index (κ1) is 13.0. The van der Waals surface area contributed by atoms with Crippen molar-refractivity contribution in [1.29, 1.82) is 0 Å². The minimum Gasteiger partial charge on any atom is -0.487 e. The van der Waals surface area contributed by atoms with Gasteiger partial charge in [-0.1, -0.05) is 26.2 Å². The standard InChI is InChI=1S/C12H14BrN3O2/c1-7(14)10-5-9(13)3-4-12(10)17-6-11-8(2)15-18-16-11/h3-5,7H,6,14H2,1-2H3/t7-/m0/s1. The molecule has 18 heavy (non-hydrogen) atoms. The molecule has 0 aliphatic rings. The van der Waals surface area contributed by atoms with Crippen LogP contribution in [0.4, 0.5) is 0 Å². The number of hydrogen-bond acceptors (Lipinski definition) is 5. The van der Waals surface area contributed by atoms with Crippen molar-refractivity contribution in [2.75, 3.05) is 0 Å². The summed E-state index contributed by atoms with van der Waals surface area (Å²) in [7, 11) is 0. The van der Waals surface area contributed by atoms with Gasteiger partial charge in [-0.2, -0.15) is 0 Å². The second kappa shape index (κ2) is 5.49. The zero-order valence-electron chi connectivity index (χ0n) is 10.2. The normalized spacial score (nSPS) is 12.4. The minimum absolute atomic E-state index is 0.103. The predicted molar refractivity (Wildman–Crippen MR) is 70.1 cm³/mol. The molecule has 0 unspecified atom stereocenters. The molecule has 0 spiro atoms. The Morgan fingerprint density at radius 2 is 2.22 bits per heavy atom. The highest BCUT2D eigenvalue weighted by Gasteiger charge is 2.11. The molecule has 2 rings (SSSR count). The fourth-order valence-corrected chi connectivity index (χ4v) is 1.91. The maximum Gasteiger partial charge on any atom is 0.145 e. The van der Waals surface area contributed by atoms with Crippen molar-refractivity contribution in [1.82, 2.24) is 10.3 Å². The summed E-state index contributed by atoms with van der Waals surface area (Å²) in [6.07, 6.45) is 0. The van der Waals surface area contributed by atoms with Crippen molar-refractivity contribution in [2.45, 2.75) is 26.5 Å². The number of aryl methyl sites for hydroxylation is 1. The first-order valence-electron chi connectivity index (χ1n) is 5.54. The summed E-state index contributed by atoms with van der Waals surface area (Å²) in [5, 5.41) is 7.47. The molecule has 0 bridgehead atoms. The largest absolute Gasteiger partial charge is 0.487 e. The molecule has 0 amide bonds. The number of hydrogen-bond donors (Lipinski definition) is 1. The third-order valence-electron chi connectivity index (χ3n) is 2.57. The van der Waals surface area contributed by atoms with E-state index in [4.69, 9.17) is 10.5 Å². The highest BCUT2D eigenvalue weighted by molar-refractivity contribution is 9.10. The quantitative estimate of drug-likeness (QED) is 0.939. The molecule has 1 aromatic heterocycles. The van der Waals surface area contributed by atoms with Crippen LogP contribution in [-0.2, 0) is 6.61 Å². The van der Waals surface area contributed by atoms with Crippen molar-refractivity contribution in [3.63, 3.8) is 0 Å². The topological polar surface area (TPSA) is 74.2 Å². The molecule has 0 fully saturated rings. The van der Waals surface area contributed by atoms with Crippen LogP contribution in [0.1, 0.15) is 29.9 Å². The van der Waals surface area contributed by atoms with Gasteiger partial charge in [0.05, 0.1) is 0 Å². The number of aromatic nitrogens is 2. The van der Waals surface area contributed by atoms with Crippen molar-refractivity contribution in [3.05, 3.63) is 39.6 Å². The van der Waals surface area contributed by atoms with Gasteiger partial charge >= 0.3 is 0 Å². The number of ether oxygens (including phenoxy) is 1. The molecule has 2 N–H and O–H groups in total. The van der Waals surface area contributed by atoms with E-state index in [0.29, 0.717) is 12.3 Å². The van der Waals surface area contributed by atoms with Crippen LogP contribution in [0.15, 0.2) is 27.3 Å². The second-order valence-electron chi connectivity index (χ2n) is 4.06. The fraction of sp³-hybridized carbons (Fsp3) is 0.333. The average molecular weight is 312 g/mol. The van der Waals surface area contributed by atoms with Gasteiger partial charge in [-0.25, -0.2) is 4.63 Å². The van der Waals surface area contributed by atoms with Gasteiger partial charge in [-0.05, 0) is 32.0 Å². The van der Waals surface area contributed by atoms with Gasteiger partial charge in [-0.3, -0.25) is 0 Å². The van der Waals surface area contributed by atoms with E-state index in [9.17, 15) is 0 Å². The van der Waals surface area contributed by atoms with Crippen molar-refractivity contribution >= 4 is 15.9 Å². The van der Waals surface area contributed by atoms with E-state index >= 15 is 0 Å². The molecule has 0 radical (unpaired) electrons. The van der Waals surface area contributed by atoms with Crippen LogP contribution in [0.3, 0.4) is 0 Å². The van der Waals surface area contributed by atoms with Crippen LogP contribution in [-0.4, -0.2) is 10.3 Å². The van der Waals surface area contributed by atoms with Gasteiger partial charge in [0.25, 0.3) is 0 Å². The summed E-state index contributed by atoms with van der Waals surface area (Å²) < 4.78 is 11.3. The van der Waals surface area contributed by atoms with E-state index in [1.54, 1.807) is 0 Å². The lowest BCUT2D eigenvalue weighted by Gasteiger charge is -2.13. The molecule has 2 aromatic rings. The smallest absolute Gasteiger partial charge is 0.145 e. The van der Waals surface area contributed by atoms with E-state index in [0.717, 1.165) is 21.5 Å². The lowest BCUT2D eigenvalue weighted by molar-refractivity contribution is 0.268. The summed E-state index contributed by atoms with van der Waals surface area (Å²) in [6, 6.07) is 5.64. The zero-order valence-corrected chi connectivity index (χ0v) is 11.8.